The van der Waals surface area contributed by atoms with Crippen LogP contribution in [0.2, 0.25) is 0 Å². The molecule has 0 spiro atoms. The van der Waals surface area contributed by atoms with Gasteiger partial charge in [-0.2, -0.15) is 0 Å². The monoisotopic (exact) mass is 462 g/mol. The van der Waals surface area contributed by atoms with E-state index in [-0.39, 0.29) is 5.82 Å². The molecular weight excluding hydrogens is 422 g/mol. The summed E-state index contributed by atoms with van der Waals surface area (Å²) < 4.78 is 23.9. The topological polar surface area (TPSA) is 38.7 Å². The van der Waals surface area contributed by atoms with Gasteiger partial charge in [0, 0.05) is 8.15 Å². The van der Waals surface area contributed by atoms with Crippen molar-refractivity contribution in [3.63, 3.8) is 0 Å². The largest absolute Gasteiger partial charge is 0.497 e. The summed E-state index contributed by atoms with van der Waals surface area (Å²) in [6.45, 7) is 2.03. The van der Waals surface area contributed by atoms with Crippen LogP contribution in [0.5, 0.6) is 11.5 Å². The number of benzene rings is 2. The molecule has 0 amide bonds. The van der Waals surface area contributed by atoms with Crippen molar-refractivity contribution in [2.24, 2.45) is 0 Å². The van der Waals surface area contributed by atoms with Crippen LogP contribution in [0.3, 0.4) is 0 Å². The molecule has 1 N–H and O–H groups in total. The lowest BCUT2D eigenvalue weighted by molar-refractivity contribution is 0.403. The zero-order valence-corrected chi connectivity index (χ0v) is 20.9. The third-order valence-corrected chi connectivity index (χ3v) is 7.23. The number of methoxy groups -OCH3 is 2. The van der Waals surface area contributed by atoms with Crippen molar-refractivity contribution in [2.45, 2.75) is 70.6 Å². The second-order valence-corrected chi connectivity index (χ2v) is 10.5. The standard InChI is InChI=1S/C13H17FO.C11H17O2P.C3H6/c1-15-11-7-8-13(14)12(9-11)10-5-3-2-4-6-10;1-3-14(12)8-7-10-5-4-6-11(9-10)13-2;1-2-3-1/h7-10H,2-6H2,1H3;4-6,9,12H,3,7-8H2,1-2H3;1-3H2. The van der Waals surface area contributed by atoms with E-state index < -0.39 is 8.15 Å². The molecule has 2 saturated carbocycles. The maximum absolute atomic E-state index is 13.6. The SMILES string of the molecule is C1CC1.CCP(O)CCc1cccc(OC)c1.COc1ccc(F)c(C2CCCCC2)c1. The first-order valence-electron chi connectivity index (χ1n) is 12.0. The molecule has 32 heavy (non-hydrogen) atoms. The number of halogens is 1. The molecule has 1 atom stereocenters. The second kappa shape index (κ2) is 15.2. The maximum Gasteiger partial charge on any atom is 0.126 e. The van der Waals surface area contributed by atoms with Gasteiger partial charge in [0.15, 0.2) is 0 Å². The van der Waals surface area contributed by atoms with Crippen LogP contribution in [0.1, 0.15) is 75.3 Å². The third-order valence-electron chi connectivity index (χ3n) is 5.76. The van der Waals surface area contributed by atoms with E-state index in [0.29, 0.717) is 5.92 Å². The fourth-order valence-corrected chi connectivity index (χ4v) is 4.45. The fourth-order valence-electron chi connectivity index (χ4n) is 3.62. The van der Waals surface area contributed by atoms with E-state index in [1.54, 1.807) is 20.3 Å². The van der Waals surface area contributed by atoms with Gasteiger partial charge in [-0.3, -0.25) is 0 Å². The Morgan fingerprint density at radius 1 is 0.906 bits per heavy atom. The van der Waals surface area contributed by atoms with E-state index in [2.05, 4.69) is 6.07 Å². The maximum atomic E-state index is 13.6. The van der Waals surface area contributed by atoms with Gasteiger partial charge in [0.25, 0.3) is 0 Å². The average Bonchev–Trinajstić information content (AvgIpc) is 3.74. The first-order valence-corrected chi connectivity index (χ1v) is 13.6. The number of hydrogen-bond donors (Lipinski definition) is 1. The van der Waals surface area contributed by atoms with Crippen LogP contribution in [0.4, 0.5) is 4.39 Å². The average molecular weight is 463 g/mol. The van der Waals surface area contributed by atoms with Crippen LogP contribution in [-0.4, -0.2) is 31.4 Å². The molecule has 4 rings (SSSR count). The van der Waals surface area contributed by atoms with Crippen molar-refractivity contribution in [3.8, 4) is 11.5 Å². The molecule has 1 unspecified atom stereocenters. The summed E-state index contributed by atoms with van der Waals surface area (Å²) in [7, 11) is 2.54. The van der Waals surface area contributed by atoms with Gasteiger partial charge in [0.1, 0.15) is 17.3 Å². The quantitative estimate of drug-likeness (QED) is 0.429. The molecule has 0 saturated heterocycles. The molecule has 0 bridgehead atoms. The van der Waals surface area contributed by atoms with Crippen LogP contribution in [0, 0.1) is 5.82 Å². The van der Waals surface area contributed by atoms with Gasteiger partial charge in [-0.05, 0) is 79.0 Å². The molecule has 0 heterocycles. The summed E-state index contributed by atoms with van der Waals surface area (Å²) in [4.78, 5) is 9.48. The number of aryl methyl sites for hydroxylation is 1. The summed E-state index contributed by atoms with van der Waals surface area (Å²) in [6.07, 6.45) is 13.2. The molecule has 2 aromatic carbocycles. The van der Waals surface area contributed by atoms with Crippen molar-refractivity contribution in [3.05, 3.63) is 59.4 Å². The summed E-state index contributed by atoms with van der Waals surface area (Å²) >= 11 is 0. The van der Waals surface area contributed by atoms with E-state index >= 15 is 0 Å². The number of hydrogen-bond acceptors (Lipinski definition) is 3. The Morgan fingerprint density at radius 3 is 2.12 bits per heavy atom. The molecule has 2 aromatic rings. The Morgan fingerprint density at radius 2 is 1.53 bits per heavy atom. The van der Waals surface area contributed by atoms with Gasteiger partial charge in [0.2, 0.25) is 0 Å². The third kappa shape index (κ3) is 10.3. The predicted molar refractivity (Wildman–Crippen MR) is 134 cm³/mol. The summed E-state index contributed by atoms with van der Waals surface area (Å²) in [5.74, 6) is 1.97. The normalized spacial score (nSPS) is 16.0. The lowest BCUT2D eigenvalue weighted by Gasteiger charge is -2.22. The molecule has 178 valence electrons. The van der Waals surface area contributed by atoms with Gasteiger partial charge in [-0.1, -0.05) is 57.6 Å². The molecule has 3 nitrogen and oxygen atoms in total. The minimum absolute atomic E-state index is 0.0808. The lowest BCUT2D eigenvalue weighted by atomic mass is 9.84. The van der Waals surface area contributed by atoms with Gasteiger partial charge in [-0.15, -0.1) is 0 Å². The number of ether oxygens (including phenoxy) is 2. The number of rotatable bonds is 7. The van der Waals surface area contributed by atoms with Crippen LogP contribution >= 0.6 is 8.15 Å². The zero-order valence-electron chi connectivity index (χ0n) is 20.0. The van der Waals surface area contributed by atoms with Gasteiger partial charge < -0.3 is 14.4 Å². The van der Waals surface area contributed by atoms with Crippen LogP contribution in [-0.2, 0) is 6.42 Å². The van der Waals surface area contributed by atoms with E-state index in [1.807, 2.05) is 31.2 Å². The Bertz CT molecular complexity index is 772. The van der Waals surface area contributed by atoms with Crippen molar-refractivity contribution < 1.29 is 18.8 Å². The minimum Gasteiger partial charge on any atom is -0.497 e. The molecule has 0 radical (unpaired) electrons. The summed E-state index contributed by atoms with van der Waals surface area (Å²) in [5, 5.41) is 0. The van der Waals surface area contributed by atoms with E-state index in [0.717, 1.165) is 48.6 Å². The molecule has 5 heteroatoms. The van der Waals surface area contributed by atoms with E-state index in [9.17, 15) is 9.28 Å². The van der Waals surface area contributed by atoms with E-state index in [4.69, 9.17) is 9.47 Å². The van der Waals surface area contributed by atoms with Crippen molar-refractivity contribution >= 4 is 8.15 Å². The highest BCUT2D eigenvalue weighted by Crippen LogP contribution is 2.35. The van der Waals surface area contributed by atoms with Crippen LogP contribution in [0.15, 0.2) is 42.5 Å². The highest BCUT2D eigenvalue weighted by Gasteiger charge is 2.19. The molecule has 2 fully saturated rings. The van der Waals surface area contributed by atoms with Crippen molar-refractivity contribution in [2.75, 3.05) is 26.5 Å². The fraction of sp³-hybridized carbons (Fsp3) is 0.556. The predicted octanol–water partition coefficient (Wildman–Crippen LogP) is 7.70. The summed E-state index contributed by atoms with van der Waals surface area (Å²) in [5.41, 5.74) is 2.08. The minimum atomic E-state index is -0.757. The van der Waals surface area contributed by atoms with Gasteiger partial charge >= 0.3 is 0 Å². The van der Waals surface area contributed by atoms with Crippen LogP contribution in [0.25, 0.3) is 0 Å². The summed E-state index contributed by atoms with van der Waals surface area (Å²) in [6, 6.07) is 13.1. The van der Waals surface area contributed by atoms with Gasteiger partial charge in [0.05, 0.1) is 14.2 Å². The molecule has 2 aliphatic carbocycles. The molecule has 0 aliphatic heterocycles. The Labute approximate surface area is 195 Å². The molecule has 2 aliphatic rings. The first-order chi connectivity index (χ1) is 15.6. The van der Waals surface area contributed by atoms with Gasteiger partial charge in [-0.25, -0.2) is 4.39 Å². The van der Waals surface area contributed by atoms with Crippen molar-refractivity contribution in [1.29, 1.82) is 0 Å². The molecule has 0 aromatic heterocycles. The first kappa shape index (κ1) is 26.6. The Balaban J connectivity index is 0.000000200. The van der Waals surface area contributed by atoms with E-state index in [1.165, 1.54) is 50.2 Å². The second-order valence-electron chi connectivity index (χ2n) is 8.43. The highest BCUT2D eigenvalue weighted by molar-refractivity contribution is 7.51. The van der Waals surface area contributed by atoms with Crippen LogP contribution < -0.4 is 9.47 Å². The molecular formula is C27H40FO3P. The highest BCUT2D eigenvalue weighted by atomic mass is 31.1. The zero-order chi connectivity index (χ0) is 23.2. The smallest absolute Gasteiger partial charge is 0.126 e. The lowest BCUT2D eigenvalue weighted by Crippen LogP contribution is -2.06. The Kier molecular flexibility index (Phi) is 12.7. The Hall–Kier alpha value is -1.64. The van der Waals surface area contributed by atoms with Crippen molar-refractivity contribution in [1.82, 2.24) is 0 Å².